The average molecular weight is 304 g/mol. The number of nitrogens with zero attached hydrogens (tertiary/aromatic N) is 4. The molecule has 1 aliphatic heterocycles. The van der Waals surface area contributed by atoms with Crippen molar-refractivity contribution < 1.29 is 4.79 Å². The summed E-state index contributed by atoms with van der Waals surface area (Å²) in [6.45, 7) is 6.12. The number of carbonyl (C=O) groups excluding carboxylic acids is 1. The van der Waals surface area contributed by atoms with Crippen molar-refractivity contribution in [2.45, 2.75) is 13.3 Å². The van der Waals surface area contributed by atoms with Crippen LogP contribution in [0.15, 0.2) is 43.2 Å². The second-order valence-corrected chi connectivity index (χ2v) is 5.63. The van der Waals surface area contributed by atoms with E-state index in [0.717, 1.165) is 41.2 Å². The van der Waals surface area contributed by atoms with Crippen molar-refractivity contribution in [3.05, 3.63) is 54.5 Å². The lowest BCUT2D eigenvalue weighted by Gasteiger charge is -2.15. The monoisotopic (exact) mass is 304 g/mol. The molecule has 5 heteroatoms. The van der Waals surface area contributed by atoms with E-state index >= 15 is 0 Å². The van der Waals surface area contributed by atoms with Crippen molar-refractivity contribution >= 4 is 28.8 Å². The van der Waals surface area contributed by atoms with Gasteiger partial charge in [-0.25, -0.2) is 9.97 Å². The number of anilines is 1. The Labute approximate surface area is 133 Å². The number of amides is 1. The lowest BCUT2D eigenvalue weighted by atomic mass is 10.1. The zero-order chi connectivity index (χ0) is 16.0. The average Bonchev–Trinajstić information content (AvgIpc) is 3.17. The topological polar surface area (TPSA) is 51.0 Å². The maximum absolute atomic E-state index is 11.7. The number of fused-ring (bicyclic) bond motifs is 2. The van der Waals surface area contributed by atoms with Gasteiger partial charge in [-0.2, -0.15) is 0 Å². The van der Waals surface area contributed by atoms with Crippen LogP contribution in [0.25, 0.3) is 22.9 Å². The molecule has 0 N–H and O–H groups in total. The summed E-state index contributed by atoms with van der Waals surface area (Å²) >= 11 is 0. The van der Waals surface area contributed by atoms with Gasteiger partial charge >= 0.3 is 0 Å². The summed E-state index contributed by atoms with van der Waals surface area (Å²) in [6.07, 6.45) is 4.38. The SMILES string of the molecule is C=Cc1ccc2ncn(-c3ccc4c(c3)CCN4C(C)=O)c2n1. The van der Waals surface area contributed by atoms with Gasteiger partial charge in [-0.3, -0.25) is 9.36 Å². The minimum atomic E-state index is 0.0851. The van der Waals surface area contributed by atoms with Crippen LogP contribution in [0.1, 0.15) is 18.2 Å². The molecular weight excluding hydrogens is 288 g/mol. The number of pyridine rings is 1. The largest absolute Gasteiger partial charge is 0.312 e. The number of benzene rings is 1. The van der Waals surface area contributed by atoms with Crippen molar-refractivity contribution in [2.75, 3.05) is 11.4 Å². The summed E-state index contributed by atoms with van der Waals surface area (Å²) in [4.78, 5) is 22.5. The third-order valence-corrected chi connectivity index (χ3v) is 4.24. The van der Waals surface area contributed by atoms with Gasteiger partial charge in [-0.1, -0.05) is 6.58 Å². The summed E-state index contributed by atoms with van der Waals surface area (Å²) in [5.41, 5.74) is 5.67. The number of imidazole rings is 1. The summed E-state index contributed by atoms with van der Waals surface area (Å²) in [5, 5.41) is 0. The fraction of sp³-hybridized carbons (Fsp3) is 0.167. The first kappa shape index (κ1) is 13.7. The Morgan fingerprint density at radius 3 is 2.96 bits per heavy atom. The number of aromatic nitrogens is 3. The Kier molecular flexibility index (Phi) is 3.01. The van der Waals surface area contributed by atoms with E-state index in [9.17, 15) is 4.79 Å². The van der Waals surface area contributed by atoms with Gasteiger partial charge in [0.2, 0.25) is 5.91 Å². The fourth-order valence-corrected chi connectivity index (χ4v) is 3.08. The molecule has 0 atom stereocenters. The van der Waals surface area contributed by atoms with Gasteiger partial charge in [0.15, 0.2) is 5.65 Å². The molecule has 0 aliphatic carbocycles. The molecule has 0 saturated heterocycles. The van der Waals surface area contributed by atoms with E-state index in [0.29, 0.717) is 0 Å². The van der Waals surface area contributed by atoms with Gasteiger partial charge in [0, 0.05) is 24.8 Å². The van der Waals surface area contributed by atoms with Crippen LogP contribution in [-0.2, 0) is 11.2 Å². The second kappa shape index (κ2) is 5.05. The lowest BCUT2D eigenvalue weighted by molar-refractivity contribution is -0.116. The molecule has 0 spiro atoms. The van der Waals surface area contributed by atoms with Crippen molar-refractivity contribution in [1.82, 2.24) is 14.5 Å². The summed E-state index contributed by atoms with van der Waals surface area (Å²) in [7, 11) is 0. The molecule has 1 aromatic carbocycles. The van der Waals surface area contributed by atoms with Gasteiger partial charge < -0.3 is 4.90 Å². The van der Waals surface area contributed by atoms with Crippen LogP contribution in [0.5, 0.6) is 0 Å². The highest BCUT2D eigenvalue weighted by atomic mass is 16.2. The summed E-state index contributed by atoms with van der Waals surface area (Å²) in [6, 6.07) is 9.97. The zero-order valence-electron chi connectivity index (χ0n) is 12.9. The van der Waals surface area contributed by atoms with Crippen molar-refractivity contribution in [1.29, 1.82) is 0 Å². The molecule has 0 fully saturated rings. The minimum Gasteiger partial charge on any atom is -0.312 e. The maximum atomic E-state index is 11.7. The Morgan fingerprint density at radius 2 is 2.17 bits per heavy atom. The van der Waals surface area contributed by atoms with Crippen LogP contribution >= 0.6 is 0 Å². The molecule has 23 heavy (non-hydrogen) atoms. The molecular formula is C18H16N4O. The Bertz CT molecular complexity index is 941. The Hall–Kier alpha value is -2.95. The molecule has 3 aromatic rings. The third-order valence-electron chi connectivity index (χ3n) is 4.24. The molecule has 0 radical (unpaired) electrons. The summed E-state index contributed by atoms with van der Waals surface area (Å²) in [5.74, 6) is 0.0851. The Morgan fingerprint density at radius 1 is 1.30 bits per heavy atom. The third kappa shape index (κ3) is 2.12. The molecule has 114 valence electrons. The molecule has 2 aromatic heterocycles. The van der Waals surface area contributed by atoms with Gasteiger partial charge in [0.25, 0.3) is 0 Å². The maximum Gasteiger partial charge on any atom is 0.223 e. The fourth-order valence-electron chi connectivity index (χ4n) is 3.08. The van der Waals surface area contributed by atoms with Crippen LogP contribution in [0, 0.1) is 0 Å². The first-order valence-corrected chi connectivity index (χ1v) is 7.55. The number of hydrogen-bond acceptors (Lipinski definition) is 3. The standard InChI is InChI=1S/C18H16N4O/c1-3-14-4-6-16-18(20-14)22(11-19-16)15-5-7-17-13(10-15)8-9-21(17)12(2)23/h3-7,10-11H,1,8-9H2,2H3. The number of carbonyl (C=O) groups is 1. The van der Waals surface area contributed by atoms with E-state index in [1.807, 2.05) is 33.7 Å². The highest BCUT2D eigenvalue weighted by Gasteiger charge is 2.22. The first-order chi connectivity index (χ1) is 11.2. The van der Waals surface area contributed by atoms with Gasteiger partial charge in [0.05, 0.1) is 5.69 Å². The molecule has 0 bridgehead atoms. The second-order valence-electron chi connectivity index (χ2n) is 5.63. The predicted octanol–water partition coefficient (Wildman–Crippen LogP) is 2.97. The van der Waals surface area contributed by atoms with Crippen LogP contribution in [-0.4, -0.2) is 27.0 Å². The quantitative estimate of drug-likeness (QED) is 0.731. The molecule has 0 saturated carbocycles. The minimum absolute atomic E-state index is 0.0851. The van der Waals surface area contributed by atoms with Gasteiger partial charge in [0.1, 0.15) is 11.8 Å². The zero-order valence-corrected chi connectivity index (χ0v) is 12.9. The van der Waals surface area contributed by atoms with Crippen molar-refractivity contribution in [3.63, 3.8) is 0 Å². The van der Waals surface area contributed by atoms with E-state index in [4.69, 9.17) is 0 Å². The van der Waals surface area contributed by atoms with E-state index in [1.165, 1.54) is 5.56 Å². The highest BCUT2D eigenvalue weighted by Crippen LogP contribution is 2.30. The van der Waals surface area contributed by atoms with E-state index in [1.54, 1.807) is 19.3 Å². The van der Waals surface area contributed by atoms with E-state index in [-0.39, 0.29) is 5.91 Å². The highest BCUT2D eigenvalue weighted by molar-refractivity contribution is 5.94. The first-order valence-electron chi connectivity index (χ1n) is 7.55. The molecule has 1 aliphatic rings. The molecule has 4 rings (SSSR count). The smallest absolute Gasteiger partial charge is 0.223 e. The number of rotatable bonds is 2. The lowest BCUT2D eigenvalue weighted by Crippen LogP contribution is -2.25. The van der Waals surface area contributed by atoms with Crippen LogP contribution in [0.3, 0.4) is 0 Å². The molecule has 1 amide bonds. The van der Waals surface area contributed by atoms with Crippen molar-refractivity contribution in [2.24, 2.45) is 0 Å². The summed E-state index contributed by atoms with van der Waals surface area (Å²) < 4.78 is 1.97. The Balaban J connectivity index is 1.83. The molecule has 5 nitrogen and oxygen atoms in total. The van der Waals surface area contributed by atoms with Gasteiger partial charge in [-0.15, -0.1) is 0 Å². The van der Waals surface area contributed by atoms with E-state index < -0.39 is 0 Å². The predicted molar refractivity (Wildman–Crippen MR) is 90.7 cm³/mol. The van der Waals surface area contributed by atoms with Crippen LogP contribution in [0.2, 0.25) is 0 Å². The normalized spacial score (nSPS) is 13.3. The molecule has 0 unspecified atom stereocenters. The van der Waals surface area contributed by atoms with Crippen LogP contribution in [0.4, 0.5) is 5.69 Å². The molecule has 3 heterocycles. The number of hydrogen-bond donors (Lipinski definition) is 0. The van der Waals surface area contributed by atoms with Crippen LogP contribution < -0.4 is 4.90 Å². The van der Waals surface area contributed by atoms with Crippen molar-refractivity contribution in [3.8, 4) is 5.69 Å². The van der Waals surface area contributed by atoms with E-state index in [2.05, 4.69) is 22.6 Å². The van der Waals surface area contributed by atoms with Gasteiger partial charge in [-0.05, 0) is 48.4 Å².